The van der Waals surface area contributed by atoms with Crippen LogP contribution in [0.5, 0.6) is 5.88 Å². The van der Waals surface area contributed by atoms with Crippen molar-refractivity contribution in [2.75, 3.05) is 13.2 Å². The molecule has 39 heavy (non-hydrogen) atoms. The largest absolute Gasteiger partial charge is 0.477 e. The molecule has 1 unspecified atom stereocenters. The predicted octanol–water partition coefficient (Wildman–Crippen LogP) is 3.61. The normalized spacial score (nSPS) is 16.2. The summed E-state index contributed by atoms with van der Waals surface area (Å²) >= 11 is 0. The van der Waals surface area contributed by atoms with E-state index in [0.717, 1.165) is 4.57 Å². The van der Waals surface area contributed by atoms with Gasteiger partial charge >= 0.3 is 5.69 Å². The number of hydrogen-bond donors (Lipinski definition) is 1. The average molecular weight is 544 g/mol. The number of imidazole rings is 1. The van der Waals surface area contributed by atoms with Gasteiger partial charge in [-0.05, 0) is 50.1 Å². The SMILES string of the molecule is CC(C)n1c(=O)n(CCCO)c(=O)c2c1nc(-c1cccnc1OCC1CC1(F)F)n2Cc1ccc(F)cc1. The second-order valence-electron chi connectivity index (χ2n) is 9.93. The summed E-state index contributed by atoms with van der Waals surface area (Å²) in [6, 6.07) is 8.65. The fourth-order valence-corrected chi connectivity index (χ4v) is 4.58. The number of aliphatic hydroxyl groups excluding tert-OH is 1. The number of fused-ring (bicyclic) bond motifs is 1. The van der Waals surface area contributed by atoms with Crippen molar-refractivity contribution >= 4 is 11.2 Å². The van der Waals surface area contributed by atoms with Gasteiger partial charge in [-0.25, -0.2) is 27.9 Å². The van der Waals surface area contributed by atoms with Crippen molar-refractivity contribution in [3.05, 3.63) is 74.8 Å². The maximum absolute atomic E-state index is 13.7. The molecule has 5 rings (SSSR count). The molecular weight excluding hydrogens is 515 g/mol. The molecule has 0 spiro atoms. The summed E-state index contributed by atoms with van der Waals surface area (Å²) in [5, 5.41) is 9.34. The molecule has 1 fully saturated rings. The summed E-state index contributed by atoms with van der Waals surface area (Å²) in [5.41, 5.74) is 0.121. The first kappa shape index (κ1) is 26.7. The van der Waals surface area contributed by atoms with Gasteiger partial charge in [0, 0.05) is 38.4 Å². The minimum atomic E-state index is -2.77. The number of aliphatic hydroxyl groups is 1. The summed E-state index contributed by atoms with van der Waals surface area (Å²) in [4.78, 5) is 36.1. The number of halogens is 3. The fraction of sp³-hybridized carbons (Fsp3) is 0.407. The zero-order valence-electron chi connectivity index (χ0n) is 21.5. The molecule has 206 valence electrons. The highest BCUT2D eigenvalue weighted by atomic mass is 19.3. The van der Waals surface area contributed by atoms with Gasteiger partial charge < -0.3 is 14.4 Å². The lowest BCUT2D eigenvalue weighted by molar-refractivity contribution is 0.0850. The standard InChI is InChI=1S/C27H28F3N5O4/c1-16(2)35-23-21(25(37)33(26(35)38)11-4-12-36)34(14-17-6-8-19(28)9-7-17)22(32-23)20-5-3-10-31-24(20)39-15-18-13-27(18,29)30/h3,5-10,16,18,36H,4,11-15H2,1-2H3. The Kier molecular flexibility index (Phi) is 7.06. The first-order chi connectivity index (χ1) is 18.6. The van der Waals surface area contributed by atoms with Gasteiger partial charge in [0.05, 0.1) is 18.1 Å². The van der Waals surface area contributed by atoms with E-state index in [0.29, 0.717) is 11.1 Å². The molecule has 1 aliphatic carbocycles. The highest BCUT2D eigenvalue weighted by Gasteiger charge is 2.57. The molecule has 4 aromatic rings. The lowest BCUT2D eigenvalue weighted by atomic mass is 10.2. The van der Waals surface area contributed by atoms with Crippen molar-refractivity contribution < 1.29 is 23.0 Å². The summed E-state index contributed by atoms with van der Waals surface area (Å²) < 4.78 is 50.4. The smallest absolute Gasteiger partial charge is 0.332 e. The molecule has 0 bridgehead atoms. The van der Waals surface area contributed by atoms with E-state index in [9.17, 15) is 27.9 Å². The van der Waals surface area contributed by atoms with Crippen molar-refractivity contribution in [2.24, 2.45) is 5.92 Å². The van der Waals surface area contributed by atoms with Crippen molar-refractivity contribution in [1.82, 2.24) is 23.7 Å². The van der Waals surface area contributed by atoms with Crippen molar-refractivity contribution in [2.45, 2.75) is 51.7 Å². The second-order valence-corrected chi connectivity index (χ2v) is 9.93. The summed E-state index contributed by atoms with van der Waals surface area (Å²) in [5.74, 6) is -3.79. The quantitative estimate of drug-likeness (QED) is 0.328. The van der Waals surface area contributed by atoms with E-state index < -0.39 is 28.9 Å². The van der Waals surface area contributed by atoms with Crippen LogP contribution in [-0.2, 0) is 13.1 Å². The number of rotatable bonds is 10. The van der Waals surface area contributed by atoms with Gasteiger partial charge in [0.15, 0.2) is 11.2 Å². The van der Waals surface area contributed by atoms with Crippen LogP contribution < -0.4 is 16.0 Å². The number of alkyl halides is 2. The summed E-state index contributed by atoms with van der Waals surface area (Å²) in [7, 11) is 0. The lowest BCUT2D eigenvalue weighted by Gasteiger charge is -2.15. The molecule has 9 nitrogen and oxygen atoms in total. The van der Waals surface area contributed by atoms with E-state index >= 15 is 0 Å². The molecule has 0 saturated heterocycles. The number of pyridine rings is 1. The Labute approximate surface area is 221 Å². The van der Waals surface area contributed by atoms with E-state index in [-0.39, 0.29) is 68.1 Å². The van der Waals surface area contributed by atoms with Gasteiger partial charge in [-0.3, -0.25) is 13.9 Å². The zero-order chi connectivity index (χ0) is 27.9. The minimum Gasteiger partial charge on any atom is -0.477 e. The third-order valence-electron chi connectivity index (χ3n) is 6.76. The van der Waals surface area contributed by atoms with Gasteiger partial charge in [-0.1, -0.05) is 12.1 Å². The van der Waals surface area contributed by atoms with Crippen LogP contribution in [0.25, 0.3) is 22.6 Å². The van der Waals surface area contributed by atoms with Gasteiger partial charge in [0.2, 0.25) is 5.88 Å². The third kappa shape index (κ3) is 5.08. The third-order valence-corrected chi connectivity index (χ3v) is 6.76. The molecule has 1 N–H and O–H groups in total. The molecule has 1 aromatic carbocycles. The highest BCUT2D eigenvalue weighted by Crippen LogP contribution is 2.48. The van der Waals surface area contributed by atoms with Crippen LogP contribution in [-0.4, -0.2) is 47.9 Å². The summed E-state index contributed by atoms with van der Waals surface area (Å²) in [6.07, 6.45) is 1.40. The van der Waals surface area contributed by atoms with E-state index in [1.807, 2.05) is 0 Å². The van der Waals surface area contributed by atoms with Gasteiger partial charge in [0.1, 0.15) is 11.6 Å². The molecule has 1 aliphatic rings. The average Bonchev–Trinajstić information content (AvgIpc) is 3.35. The number of aromatic nitrogens is 5. The Balaban J connectivity index is 1.74. The van der Waals surface area contributed by atoms with Gasteiger partial charge in [-0.2, -0.15) is 0 Å². The fourth-order valence-electron chi connectivity index (χ4n) is 4.58. The van der Waals surface area contributed by atoms with Gasteiger partial charge in [0.25, 0.3) is 11.5 Å². The van der Waals surface area contributed by atoms with Crippen molar-refractivity contribution in [3.8, 4) is 17.3 Å². The highest BCUT2D eigenvalue weighted by molar-refractivity contribution is 5.78. The number of ether oxygens (including phenoxy) is 1. The molecule has 0 amide bonds. The number of hydrogen-bond acceptors (Lipinski definition) is 6. The predicted molar refractivity (Wildman–Crippen MR) is 138 cm³/mol. The molecule has 1 saturated carbocycles. The first-order valence-corrected chi connectivity index (χ1v) is 12.7. The van der Waals surface area contributed by atoms with Crippen LogP contribution in [0, 0.1) is 11.7 Å². The van der Waals surface area contributed by atoms with E-state index in [2.05, 4.69) is 4.98 Å². The van der Waals surface area contributed by atoms with E-state index in [1.54, 1.807) is 42.7 Å². The molecule has 0 radical (unpaired) electrons. The van der Waals surface area contributed by atoms with Crippen LogP contribution >= 0.6 is 0 Å². The van der Waals surface area contributed by atoms with Gasteiger partial charge in [-0.15, -0.1) is 0 Å². The van der Waals surface area contributed by atoms with E-state index in [4.69, 9.17) is 9.72 Å². The maximum Gasteiger partial charge on any atom is 0.332 e. The maximum atomic E-state index is 13.7. The Bertz CT molecular complexity index is 1630. The first-order valence-electron chi connectivity index (χ1n) is 12.7. The Morgan fingerprint density at radius 2 is 1.87 bits per heavy atom. The number of nitrogens with zero attached hydrogens (tertiary/aromatic N) is 5. The van der Waals surface area contributed by atoms with E-state index in [1.165, 1.54) is 22.9 Å². The lowest BCUT2D eigenvalue weighted by Crippen LogP contribution is -2.41. The van der Waals surface area contributed by atoms with Crippen LogP contribution in [0.3, 0.4) is 0 Å². The molecule has 3 heterocycles. The number of benzene rings is 1. The Morgan fingerprint density at radius 3 is 2.51 bits per heavy atom. The Hall–Kier alpha value is -3.93. The zero-order valence-corrected chi connectivity index (χ0v) is 21.5. The molecule has 3 aromatic heterocycles. The topological polar surface area (TPSA) is 104 Å². The van der Waals surface area contributed by atoms with Crippen molar-refractivity contribution in [1.29, 1.82) is 0 Å². The molecule has 1 atom stereocenters. The second kappa shape index (κ2) is 10.3. The van der Waals surface area contributed by atoms with Crippen LogP contribution in [0.15, 0.2) is 52.2 Å². The minimum absolute atomic E-state index is 0.00470. The molecule has 0 aliphatic heterocycles. The Morgan fingerprint density at radius 1 is 1.15 bits per heavy atom. The summed E-state index contributed by atoms with van der Waals surface area (Å²) in [6.45, 7) is 3.23. The van der Waals surface area contributed by atoms with Crippen LogP contribution in [0.2, 0.25) is 0 Å². The van der Waals surface area contributed by atoms with Crippen LogP contribution in [0.4, 0.5) is 13.2 Å². The molecule has 12 heteroatoms. The monoisotopic (exact) mass is 543 g/mol. The molecular formula is C27H28F3N5O4. The van der Waals surface area contributed by atoms with Crippen LogP contribution in [0.1, 0.15) is 38.3 Å². The van der Waals surface area contributed by atoms with Crippen molar-refractivity contribution in [3.63, 3.8) is 0 Å².